The van der Waals surface area contributed by atoms with Gasteiger partial charge in [0, 0.05) is 16.5 Å². The third-order valence-corrected chi connectivity index (χ3v) is 5.45. The Labute approximate surface area is 184 Å². The van der Waals surface area contributed by atoms with Crippen molar-refractivity contribution in [3.05, 3.63) is 64.7 Å². The van der Waals surface area contributed by atoms with E-state index in [-0.39, 0.29) is 30.4 Å². The molecule has 0 aliphatic carbocycles. The zero-order valence-corrected chi connectivity index (χ0v) is 17.1. The molecule has 1 atom stereocenters. The van der Waals surface area contributed by atoms with E-state index in [2.05, 4.69) is 21.1 Å². The quantitative estimate of drug-likeness (QED) is 0.455. The highest BCUT2D eigenvalue weighted by atomic mass is 19.4. The summed E-state index contributed by atoms with van der Waals surface area (Å²) in [6, 6.07) is 10.2. The molecule has 0 saturated heterocycles. The van der Waals surface area contributed by atoms with Gasteiger partial charge in [-0.15, -0.1) is 5.10 Å². The molecule has 4 aromatic rings. The minimum atomic E-state index is -4.90. The highest BCUT2D eigenvalue weighted by molar-refractivity contribution is 5.92. The van der Waals surface area contributed by atoms with Crippen molar-refractivity contribution in [1.29, 1.82) is 5.26 Å². The predicted molar refractivity (Wildman–Crippen MR) is 108 cm³/mol. The van der Waals surface area contributed by atoms with Gasteiger partial charge in [0.25, 0.3) is 0 Å². The molecule has 168 valence electrons. The Hall–Kier alpha value is -3.91. The van der Waals surface area contributed by atoms with Crippen molar-refractivity contribution in [2.45, 2.75) is 18.8 Å². The molecule has 2 aromatic heterocycles. The number of halogens is 4. The molecule has 1 aliphatic rings. The molecular weight excluding hydrogens is 442 g/mol. The van der Waals surface area contributed by atoms with Crippen LogP contribution in [0.2, 0.25) is 0 Å². The maximum Gasteiger partial charge on any atom is 0.419 e. The van der Waals surface area contributed by atoms with Gasteiger partial charge < -0.3 is 14.5 Å². The summed E-state index contributed by atoms with van der Waals surface area (Å²) < 4.78 is 67.3. The summed E-state index contributed by atoms with van der Waals surface area (Å²) in [6.07, 6.45) is -6.14. The fourth-order valence-electron chi connectivity index (χ4n) is 4.05. The van der Waals surface area contributed by atoms with Gasteiger partial charge >= 0.3 is 6.18 Å². The Bertz CT molecular complexity index is 1420. The number of benzene rings is 2. The lowest BCUT2D eigenvalue weighted by Gasteiger charge is -2.25. The van der Waals surface area contributed by atoms with Crippen molar-refractivity contribution in [2.75, 3.05) is 13.7 Å². The third kappa shape index (κ3) is 3.39. The zero-order valence-electron chi connectivity index (χ0n) is 17.1. The molecule has 0 spiro atoms. The van der Waals surface area contributed by atoms with Crippen molar-refractivity contribution in [3.8, 4) is 23.3 Å². The van der Waals surface area contributed by atoms with Crippen LogP contribution in [-0.4, -0.2) is 33.5 Å². The van der Waals surface area contributed by atoms with E-state index in [9.17, 15) is 22.8 Å². The first-order chi connectivity index (χ1) is 15.8. The lowest BCUT2D eigenvalue weighted by molar-refractivity contribution is -0.142. The Kier molecular flexibility index (Phi) is 4.83. The second kappa shape index (κ2) is 7.60. The van der Waals surface area contributed by atoms with Crippen LogP contribution >= 0.6 is 0 Å². The number of nitrogens with one attached hydrogen (secondary N) is 1. The van der Waals surface area contributed by atoms with Gasteiger partial charge in [0.2, 0.25) is 0 Å². The number of fused-ring (bicyclic) bond motifs is 2. The zero-order chi connectivity index (χ0) is 23.3. The van der Waals surface area contributed by atoms with Gasteiger partial charge in [0.1, 0.15) is 23.7 Å². The fraction of sp³-hybridized carbons (Fsp3) is 0.227. The van der Waals surface area contributed by atoms with Crippen molar-refractivity contribution >= 4 is 10.9 Å². The molecule has 11 heteroatoms. The Morgan fingerprint density at radius 2 is 2.09 bits per heavy atom. The van der Waals surface area contributed by atoms with Gasteiger partial charge in [-0.05, 0) is 24.3 Å². The molecule has 1 aliphatic heterocycles. The van der Waals surface area contributed by atoms with Crippen molar-refractivity contribution < 1.29 is 27.0 Å². The van der Waals surface area contributed by atoms with Crippen LogP contribution in [0.3, 0.4) is 0 Å². The van der Waals surface area contributed by atoms with E-state index in [1.54, 1.807) is 18.2 Å². The molecule has 0 amide bonds. The number of aromatic amines is 1. The van der Waals surface area contributed by atoms with Crippen LogP contribution in [0.25, 0.3) is 22.4 Å². The molecule has 1 N–H and O–H groups in total. The summed E-state index contributed by atoms with van der Waals surface area (Å²) in [5.74, 6) is -0.633. The topological polar surface area (TPSA) is 88.8 Å². The Morgan fingerprint density at radius 1 is 1.27 bits per heavy atom. The molecule has 0 unspecified atom stereocenters. The highest BCUT2D eigenvalue weighted by Crippen LogP contribution is 2.40. The molecule has 0 saturated carbocycles. The number of H-pyrrole nitrogens is 1. The summed E-state index contributed by atoms with van der Waals surface area (Å²) in [5, 5.41) is 14.3. The van der Waals surface area contributed by atoms with E-state index in [0.29, 0.717) is 27.9 Å². The minimum absolute atomic E-state index is 0.0837. The number of alkyl halides is 3. The van der Waals surface area contributed by atoms with Gasteiger partial charge in [-0.3, -0.25) is 0 Å². The summed E-state index contributed by atoms with van der Waals surface area (Å²) in [5.41, 5.74) is -0.237. The predicted octanol–water partition coefficient (Wildman–Crippen LogP) is 4.58. The van der Waals surface area contributed by atoms with E-state index in [4.69, 9.17) is 9.47 Å². The highest BCUT2D eigenvalue weighted by Gasteiger charge is 2.41. The van der Waals surface area contributed by atoms with Crippen LogP contribution in [0.4, 0.5) is 17.6 Å². The van der Waals surface area contributed by atoms with Gasteiger partial charge in [-0.1, -0.05) is 12.1 Å². The number of methoxy groups -OCH3 is 1. The average Bonchev–Trinajstić information content (AvgIpc) is 3.41. The first-order valence-electron chi connectivity index (χ1n) is 9.84. The number of nitrogens with zero attached hydrogens (tertiary/aromatic N) is 4. The summed E-state index contributed by atoms with van der Waals surface area (Å²) in [6.45, 7) is 0.359. The number of ether oxygens (including phenoxy) is 2. The fourth-order valence-corrected chi connectivity index (χ4v) is 4.05. The maximum absolute atomic E-state index is 14.1. The second-order valence-corrected chi connectivity index (χ2v) is 7.37. The van der Waals surface area contributed by atoms with E-state index >= 15 is 0 Å². The Balaban J connectivity index is 1.62. The van der Waals surface area contributed by atoms with Gasteiger partial charge in [-0.2, -0.15) is 18.4 Å². The summed E-state index contributed by atoms with van der Waals surface area (Å²) >= 11 is 0. The molecule has 5 rings (SSSR count). The van der Waals surface area contributed by atoms with E-state index < -0.39 is 23.7 Å². The van der Waals surface area contributed by atoms with Gasteiger partial charge in [0.05, 0.1) is 37.1 Å². The van der Waals surface area contributed by atoms with E-state index in [1.807, 2.05) is 0 Å². The smallest absolute Gasteiger partial charge is 0.419 e. The normalized spacial score (nSPS) is 15.9. The summed E-state index contributed by atoms with van der Waals surface area (Å²) in [4.78, 5) is 7.56. The second-order valence-electron chi connectivity index (χ2n) is 7.37. The van der Waals surface area contributed by atoms with Gasteiger partial charge in [0.15, 0.2) is 11.6 Å². The molecule has 33 heavy (non-hydrogen) atoms. The standard InChI is InChI=1S/C22H15F4N5O2/c1-32-18-11(10-27)5-6-15-13(18)9-16(28-15)20-29-21-19(33-8-7-31(21)30-20)12-3-2-4-14(23)17(12)22(24,25)26/h2-6,9,19,28H,7-8H2,1H3/t19-/m0/s1. The monoisotopic (exact) mass is 457 g/mol. The first kappa shape index (κ1) is 21.0. The maximum atomic E-state index is 14.1. The SMILES string of the molecule is COc1c(C#N)ccc2[nH]c(-c3nc4n(n3)CCO[C@H]4c3cccc(F)c3C(F)(F)F)cc12. The van der Waals surface area contributed by atoms with Crippen molar-refractivity contribution in [3.63, 3.8) is 0 Å². The molecule has 7 nitrogen and oxygen atoms in total. The largest absolute Gasteiger partial charge is 0.495 e. The number of nitriles is 1. The lowest BCUT2D eigenvalue weighted by Crippen LogP contribution is -2.26. The molecule has 3 heterocycles. The van der Waals surface area contributed by atoms with Crippen molar-refractivity contribution in [1.82, 2.24) is 19.7 Å². The van der Waals surface area contributed by atoms with Crippen LogP contribution in [0, 0.1) is 17.1 Å². The number of aromatic nitrogens is 4. The molecule has 2 aromatic carbocycles. The average molecular weight is 457 g/mol. The summed E-state index contributed by atoms with van der Waals surface area (Å²) in [7, 11) is 1.45. The van der Waals surface area contributed by atoms with Crippen molar-refractivity contribution in [2.24, 2.45) is 0 Å². The molecule has 0 radical (unpaired) electrons. The number of rotatable bonds is 3. The van der Waals surface area contributed by atoms with Crippen LogP contribution in [0.5, 0.6) is 5.75 Å². The van der Waals surface area contributed by atoms with Crippen LogP contribution < -0.4 is 4.74 Å². The van der Waals surface area contributed by atoms with E-state index in [1.165, 1.54) is 23.9 Å². The van der Waals surface area contributed by atoms with Crippen LogP contribution in [0.1, 0.15) is 28.6 Å². The third-order valence-electron chi connectivity index (χ3n) is 5.45. The van der Waals surface area contributed by atoms with E-state index in [0.717, 1.165) is 6.07 Å². The number of hydrogen-bond acceptors (Lipinski definition) is 5. The van der Waals surface area contributed by atoms with Crippen LogP contribution in [-0.2, 0) is 17.5 Å². The number of hydrogen-bond donors (Lipinski definition) is 1. The molecular formula is C22H15F4N5O2. The Morgan fingerprint density at radius 3 is 2.82 bits per heavy atom. The molecule has 0 fully saturated rings. The van der Waals surface area contributed by atoms with Crippen LogP contribution in [0.15, 0.2) is 36.4 Å². The van der Waals surface area contributed by atoms with Gasteiger partial charge in [-0.25, -0.2) is 14.1 Å². The lowest BCUT2D eigenvalue weighted by atomic mass is 10.00. The first-order valence-corrected chi connectivity index (χ1v) is 9.84. The molecule has 0 bridgehead atoms. The minimum Gasteiger partial charge on any atom is -0.495 e.